The highest BCUT2D eigenvalue weighted by Crippen LogP contribution is 2.43. The zero-order valence-corrected chi connectivity index (χ0v) is 11.3. The van der Waals surface area contributed by atoms with E-state index in [1.807, 2.05) is 0 Å². The molecule has 0 aromatic rings. The van der Waals surface area contributed by atoms with Crippen LogP contribution in [0.5, 0.6) is 0 Å². The van der Waals surface area contributed by atoms with E-state index < -0.39 is 21.0 Å². The van der Waals surface area contributed by atoms with E-state index in [-0.39, 0.29) is 31.6 Å². The average molecular weight is 290 g/mol. The Morgan fingerprint density at radius 1 is 1.24 bits per heavy atom. The number of hydrogen-bond donors (Lipinski definition) is 6. The van der Waals surface area contributed by atoms with Gasteiger partial charge in [-0.05, 0) is 19.8 Å². The molecule has 0 bridgehead atoms. The van der Waals surface area contributed by atoms with E-state index in [1.165, 1.54) is 0 Å². The minimum absolute atomic E-state index is 0.0118. The van der Waals surface area contributed by atoms with Crippen molar-refractivity contribution in [1.29, 1.82) is 0 Å². The monoisotopic (exact) mass is 290 g/mol. The summed E-state index contributed by atoms with van der Waals surface area (Å²) in [6.07, 6.45) is -0.364. The van der Waals surface area contributed by atoms with Crippen LogP contribution in [0.25, 0.3) is 0 Å². The van der Waals surface area contributed by atoms with Crippen LogP contribution in [0.1, 0.15) is 19.8 Å². The topological polar surface area (TPSA) is 153 Å². The van der Waals surface area contributed by atoms with E-state index in [9.17, 15) is 9.13 Å². The molecule has 0 rings (SSSR count). The van der Waals surface area contributed by atoms with Gasteiger partial charge in [-0.15, -0.1) is 0 Å². The molecule has 7 N–H and O–H groups in total. The predicted octanol–water partition coefficient (Wildman–Crippen LogP) is -0.615. The highest BCUT2D eigenvalue weighted by Gasteiger charge is 2.28. The zero-order chi connectivity index (χ0) is 13.7. The first kappa shape index (κ1) is 17.2. The smallest absolute Gasteiger partial charge is 0.327 e. The minimum Gasteiger partial charge on any atom is -0.327 e. The minimum atomic E-state index is -4.33. The van der Waals surface area contributed by atoms with Gasteiger partial charge < -0.3 is 30.6 Å². The second kappa shape index (κ2) is 6.97. The van der Waals surface area contributed by atoms with E-state index in [0.29, 0.717) is 0 Å². The number of nitrogens with two attached hydrogens (primary N) is 1. The Kier molecular flexibility index (Phi) is 7.06. The largest absolute Gasteiger partial charge is 0.342 e. The lowest BCUT2D eigenvalue weighted by Gasteiger charge is -2.21. The molecular weight excluding hydrogens is 270 g/mol. The van der Waals surface area contributed by atoms with Crippen molar-refractivity contribution in [2.45, 2.75) is 31.6 Å². The van der Waals surface area contributed by atoms with Gasteiger partial charge in [-0.2, -0.15) is 0 Å². The molecule has 0 saturated carbocycles. The summed E-state index contributed by atoms with van der Waals surface area (Å²) in [6, 6.07) is -0.258. The predicted molar refractivity (Wildman–Crippen MR) is 63.6 cm³/mol. The van der Waals surface area contributed by atoms with Crippen molar-refractivity contribution in [2.24, 2.45) is 5.73 Å². The second-order valence-electron chi connectivity index (χ2n) is 4.02. The van der Waals surface area contributed by atoms with Gasteiger partial charge in [-0.3, -0.25) is 9.13 Å². The van der Waals surface area contributed by atoms with Crippen molar-refractivity contribution in [1.82, 2.24) is 5.32 Å². The van der Waals surface area contributed by atoms with Crippen LogP contribution in [0.3, 0.4) is 0 Å². The fraction of sp³-hybridized carbons (Fsp3) is 1.00. The van der Waals surface area contributed by atoms with Crippen molar-refractivity contribution in [2.75, 3.05) is 12.7 Å². The lowest BCUT2D eigenvalue weighted by atomic mass is 10.3. The highest BCUT2D eigenvalue weighted by atomic mass is 31.2. The summed E-state index contributed by atoms with van der Waals surface area (Å²) in [6.45, 7) is 1.91. The van der Waals surface area contributed by atoms with E-state index in [4.69, 9.17) is 25.3 Å². The van der Waals surface area contributed by atoms with Crippen LogP contribution in [0.4, 0.5) is 0 Å². The lowest BCUT2D eigenvalue weighted by molar-refractivity contribution is 0.336. The first-order chi connectivity index (χ1) is 7.52. The number of hydrogen-bond acceptors (Lipinski definition) is 4. The molecule has 0 amide bonds. The molecule has 10 heteroatoms. The Morgan fingerprint density at radius 3 is 2.12 bits per heavy atom. The normalized spacial score (nSPS) is 16.8. The summed E-state index contributed by atoms with van der Waals surface area (Å²) in [7, 11) is -8.45. The number of rotatable bonds is 8. The molecule has 8 nitrogen and oxygen atoms in total. The summed E-state index contributed by atoms with van der Waals surface area (Å²) in [5, 5.41) is 2.60. The van der Waals surface area contributed by atoms with Crippen LogP contribution < -0.4 is 11.1 Å². The van der Waals surface area contributed by atoms with Gasteiger partial charge in [-0.1, -0.05) is 0 Å². The number of nitrogens with one attached hydrogen (secondary N) is 1. The van der Waals surface area contributed by atoms with Gasteiger partial charge in [0.15, 0.2) is 0 Å². The maximum absolute atomic E-state index is 11.1. The molecule has 0 aromatic carbocycles. The summed E-state index contributed by atoms with van der Waals surface area (Å²) in [5.74, 6) is -1.11. The molecule has 0 saturated heterocycles. The molecule has 0 radical (unpaired) electrons. The van der Waals surface area contributed by atoms with Crippen LogP contribution in [0.2, 0.25) is 0 Å². The molecule has 0 heterocycles. The standard InChI is InChI=1S/C7H20N2O6P2/c1-6(8)5-9-7(17(13,14)15)3-2-4-16(10,11)12/h6-7,9H,2-5,8H2,1H3,(H2,10,11,12)(H2,13,14,15). The third-order valence-corrected chi connectivity index (χ3v) is 4.16. The van der Waals surface area contributed by atoms with E-state index in [0.717, 1.165) is 0 Å². The van der Waals surface area contributed by atoms with Crippen molar-refractivity contribution in [3.05, 3.63) is 0 Å². The molecule has 0 aromatic heterocycles. The Balaban J connectivity index is 4.22. The van der Waals surface area contributed by atoms with Gasteiger partial charge in [0, 0.05) is 18.7 Å². The third-order valence-electron chi connectivity index (χ3n) is 2.01. The van der Waals surface area contributed by atoms with Gasteiger partial charge in [0.25, 0.3) is 0 Å². The van der Waals surface area contributed by atoms with Crippen molar-refractivity contribution in [3.8, 4) is 0 Å². The van der Waals surface area contributed by atoms with E-state index in [1.54, 1.807) is 6.92 Å². The van der Waals surface area contributed by atoms with Gasteiger partial charge in [-0.25, -0.2) is 0 Å². The highest BCUT2D eigenvalue weighted by molar-refractivity contribution is 7.52. The first-order valence-electron chi connectivity index (χ1n) is 5.11. The molecule has 104 valence electrons. The van der Waals surface area contributed by atoms with E-state index >= 15 is 0 Å². The molecule has 0 aliphatic heterocycles. The summed E-state index contributed by atoms with van der Waals surface area (Å²) >= 11 is 0. The summed E-state index contributed by atoms with van der Waals surface area (Å²) in [5.41, 5.74) is 5.44. The van der Waals surface area contributed by atoms with Crippen LogP contribution in [-0.4, -0.2) is 44.1 Å². The fourth-order valence-corrected chi connectivity index (χ4v) is 2.66. The van der Waals surface area contributed by atoms with Gasteiger partial charge in [0.05, 0.1) is 0 Å². The summed E-state index contributed by atoms with van der Waals surface area (Å²) in [4.78, 5) is 35.3. The van der Waals surface area contributed by atoms with Gasteiger partial charge in [0.2, 0.25) is 0 Å². The van der Waals surface area contributed by atoms with Crippen LogP contribution in [-0.2, 0) is 9.13 Å². The maximum atomic E-state index is 11.1. The molecule has 0 aliphatic rings. The van der Waals surface area contributed by atoms with Gasteiger partial charge >= 0.3 is 15.2 Å². The molecular formula is C7H20N2O6P2. The molecule has 0 fully saturated rings. The second-order valence-corrected chi connectivity index (χ2v) is 7.60. The lowest BCUT2D eigenvalue weighted by Crippen LogP contribution is -2.38. The average Bonchev–Trinajstić information content (AvgIpc) is 2.06. The molecule has 0 aliphatic carbocycles. The van der Waals surface area contributed by atoms with Gasteiger partial charge in [0.1, 0.15) is 5.78 Å². The molecule has 2 unspecified atom stereocenters. The van der Waals surface area contributed by atoms with Crippen molar-refractivity contribution >= 4 is 15.2 Å². The molecule has 17 heavy (non-hydrogen) atoms. The zero-order valence-electron chi connectivity index (χ0n) is 9.56. The maximum Gasteiger partial charge on any atom is 0.342 e. The molecule has 0 spiro atoms. The third kappa shape index (κ3) is 9.88. The Hall–Kier alpha value is 0.220. The Bertz CT molecular complexity index is 311. The van der Waals surface area contributed by atoms with Crippen LogP contribution in [0.15, 0.2) is 0 Å². The first-order valence-corrected chi connectivity index (χ1v) is 8.59. The van der Waals surface area contributed by atoms with E-state index in [2.05, 4.69) is 5.32 Å². The van der Waals surface area contributed by atoms with Crippen LogP contribution in [0, 0.1) is 0 Å². The Labute approximate surface area is 99.9 Å². The quantitative estimate of drug-likeness (QED) is 0.323. The Morgan fingerprint density at radius 2 is 1.76 bits per heavy atom. The fourth-order valence-electron chi connectivity index (χ4n) is 1.20. The van der Waals surface area contributed by atoms with Crippen molar-refractivity contribution in [3.63, 3.8) is 0 Å². The van der Waals surface area contributed by atoms with Crippen LogP contribution >= 0.6 is 15.2 Å². The molecule has 2 atom stereocenters. The summed E-state index contributed by atoms with van der Waals surface area (Å²) < 4.78 is 21.7. The SMILES string of the molecule is CC(N)CNC(CCCP(=O)(O)O)P(=O)(O)O. The van der Waals surface area contributed by atoms with Crippen molar-refractivity contribution < 1.29 is 28.7 Å².